The lowest BCUT2D eigenvalue weighted by Gasteiger charge is -2.10. The summed E-state index contributed by atoms with van der Waals surface area (Å²) in [6.45, 7) is 0.459. The number of nitrogens with zero attached hydrogens (tertiary/aromatic N) is 2. The van der Waals surface area contributed by atoms with Crippen molar-refractivity contribution in [2.24, 2.45) is 0 Å². The molecule has 3 aromatic carbocycles. The standard InChI is InChI=1S/C29H22ClN5OS/c30-20-13-11-19(12-14-20)23-22(17-31)27(32)35-25-24(28(36)33-16-15-18-7-3-1-4-8-18)29(37-26(23)25)34-21-9-5-2-6-10-21/h1-14,34H,15-16H2,(H2,32,35)(H,33,36). The molecule has 1 amide bonds. The van der Waals surface area contributed by atoms with Gasteiger partial charge < -0.3 is 16.4 Å². The van der Waals surface area contributed by atoms with Gasteiger partial charge in [0.25, 0.3) is 5.91 Å². The molecule has 0 saturated heterocycles. The number of para-hydroxylation sites is 1. The van der Waals surface area contributed by atoms with E-state index in [-0.39, 0.29) is 17.3 Å². The van der Waals surface area contributed by atoms with Crippen LogP contribution in [0.25, 0.3) is 21.3 Å². The van der Waals surface area contributed by atoms with E-state index in [9.17, 15) is 10.1 Å². The van der Waals surface area contributed by atoms with Gasteiger partial charge in [0, 0.05) is 22.8 Å². The molecule has 0 aliphatic carbocycles. The molecule has 0 fully saturated rings. The number of carbonyl (C=O) groups excluding carboxylic acids is 1. The normalized spacial score (nSPS) is 10.7. The van der Waals surface area contributed by atoms with E-state index < -0.39 is 0 Å². The fourth-order valence-corrected chi connectivity index (χ4v) is 5.48. The summed E-state index contributed by atoms with van der Waals surface area (Å²) in [6.07, 6.45) is 0.695. The van der Waals surface area contributed by atoms with Crippen LogP contribution >= 0.6 is 22.9 Å². The third kappa shape index (κ3) is 5.12. The minimum Gasteiger partial charge on any atom is -0.383 e. The molecule has 37 heavy (non-hydrogen) atoms. The van der Waals surface area contributed by atoms with Crippen LogP contribution in [0.3, 0.4) is 0 Å². The van der Waals surface area contributed by atoms with Crippen molar-refractivity contribution in [2.75, 3.05) is 17.6 Å². The first-order chi connectivity index (χ1) is 18.0. The lowest BCUT2D eigenvalue weighted by Crippen LogP contribution is -2.26. The molecule has 6 nitrogen and oxygen atoms in total. The first-order valence-electron chi connectivity index (χ1n) is 11.6. The Balaban J connectivity index is 1.62. The molecule has 0 aliphatic heterocycles. The summed E-state index contributed by atoms with van der Waals surface area (Å²) in [7, 11) is 0. The maximum absolute atomic E-state index is 13.6. The highest BCUT2D eigenvalue weighted by Gasteiger charge is 2.26. The summed E-state index contributed by atoms with van der Waals surface area (Å²) in [5.41, 5.74) is 10.7. The second-order valence-electron chi connectivity index (χ2n) is 8.33. The van der Waals surface area contributed by atoms with Gasteiger partial charge in [0.1, 0.15) is 28.0 Å². The number of rotatable bonds is 7. The Labute approximate surface area is 223 Å². The minimum atomic E-state index is -0.265. The number of hydrogen-bond acceptors (Lipinski definition) is 6. The van der Waals surface area contributed by atoms with Gasteiger partial charge >= 0.3 is 0 Å². The second kappa shape index (κ2) is 10.7. The summed E-state index contributed by atoms with van der Waals surface area (Å²) in [6, 6.07) is 28.9. The zero-order valence-electron chi connectivity index (χ0n) is 19.7. The number of carbonyl (C=O) groups is 1. The molecule has 0 spiro atoms. The number of nitrogens with two attached hydrogens (primary N) is 1. The maximum atomic E-state index is 13.6. The molecule has 0 atom stereocenters. The zero-order valence-corrected chi connectivity index (χ0v) is 21.2. The number of nitrogens with one attached hydrogen (secondary N) is 2. The van der Waals surface area contributed by atoms with Crippen LogP contribution in [0.4, 0.5) is 16.5 Å². The number of benzene rings is 3. The van der Waals surface area contributed by atoms with Crippen LogP contribution in [-0.2, 0) is 6.42 Å². The Hall–Kier alpha value is -4.38. The monoisotopic (exact) mass is 523 g/mol. The topological polar surface area (TPSA) is 104 Å². The maximum Gasteiger partial charge on any atom is 0.256 e. The Morgan fingerprint density at radius 1 is 1.00 bits per heavy atom. The van der Waals surface area contributed by atoms with E-state index in [2.05, 4.69) is 21.7 Å². The van der Waals surface area contributed by atoms with Gasteiger partial charge in [0.2, 0.25) is 0 Å². The molecule has 0 bridgehead atoms. The van der Waals surface area contributed by atoms with Crippen molar-refractivity contribution in [1.29, 1.82) is 5.26 Å². The Kier molecular flexibility index (Phi) is 7.04. The fourth-order valence-electron chi connectivity index (χ4n) is 4.13. The van der Waals surface area contributed by atoms with Gasteiger partial charge in [-0.1, -0.05) is 72.3 Å². The summed E-state index contributed by atoms with van der Waals surface area (Å²) >= 11 is 7.48. The predicted molar refractivity (Wildman–Crippen MR) is 151 cm³/mol. The molecule has 2 heterocycles. The highest BCUT2D eigenvalue weighted by Crippen LogP contribution is 2.44. The van der Waals surface area contributed by atoms with Gasteiger partial charge in [0.05, 0.1) is 10.2 Å². The average Bonchev–Trinajstić information content (AvgIpc) is 3.26. The summed E-state index contributed by atoms with van der Waals surface area (Å²) < 4.78 is 0.694. The van der Waals surface area contributed by atoms with E-state index in [0.29, 0.717) is 44.3 Å². The number of fused-ring (bicyclic) bond motifs is 1. The summed E-state index contributed by atoms with van der Waals surface area (Å²) in [5, 5.41) is 17.5. The number of halogens is 1. The van der Waals surface area contributed by atoms with Crippen molar-refractivity contribution >= 4 is 55.6 Å². The Bertz CT molecular complexity index is 1610. The third-order valence-corrected chi connectivity index (χ3v) is 7.26. The van der Waals surface area contributed by atoms with Crippen LogP contribution in [0.1, 0.15) is 21.5 Å². The number of nitrogen functional groups attached to an aromatic ring is 1. The molecule has 0 aliphatic rings. The van der Waals surface area contributed by atoms with E-state index in [1.165, 1.54) is 11.3 Å². The quantitative estimate of drug-likeness (QED) is 0.218. The molecular weight excluding hydrogens is 502 g/mol. The average molecular weight is 524 g/mol. The van der Waals surface area contributed by atoms with Gasteiger partial charge in [-0.05, 0) is 41.8 Å². The van der Waals surface area contributed by atoms with Crippen LogP contribution in [0.5, 0.6) is 0 Å². The van der Waals surface area contributed by atoms with E-state index in [1.807, 2.05) is 72.8 Å². The first-order valence-corrected chi connectivity index (χ1v) is 12.8. The first kappa shape index (κ1) is 24.3. The molecule has 8 heteroatoms. The Morgan fingerprint density at radius 3 is 2.35 bits per heavy atom. The van der Waals surface area contributed by atoms with Crippen molar-refractivity contribution in [3.63, 3.8) is 0 Å². The second-order valence-corrected chi connectivity index (χ2v) is 9.79. The lowest BCUT2D eigenvalue weighted by atomic mass is 10.00. The highest BCUT2D eigenvalue weighted by atomic mass is 35.5. The van der Waals surface area contributed by atoms with Gasteiger partial charge in [-0.15, -0.1) is 11.3 Å². The van der Waals surface area contributed by atoms with E-state index in [1.54, 1.807) is 12.1 Å². The largest absolute Gasteiger partial charge is 0.383 e. The SMILES string of the molecule is N#Cc1c(N)nc2c(C(=O)NCCc3ccccc3)c(Nc3ccccc3)sc2c1-c1ccc(Cl)cc1. The molecule has 0 radical (unpaired) electrons. The lowest BCUT2D eigenvalue weighted by molar-refractivity contribution is 0.0957. The third-order valence-electron chi connectivity index (χ3n) is 5.89. The van der Waals surface area contributed by atoms with Crippen molar-refractivity contribution in [3.05, 3.63) is 107 Å². The molecule has 5 aromatic rings. The van der Waals surface area contributed by atoms with Crippen molar-refractivity contribution < 1.29 is 4.79 Å². The van der Waals surface area contributed by atoms with Gasteiger partial charge in [-0.25, -0.2) is 4.98 Å². The number of pyridine rings is 1. The van der Waals surface area contributed by atoms with Crippen molar-refractivity contribution in [3.8, 4) is 17.2 Å². The number of anilines is 3. The van der Waals surface area contributed by atoms with E-state index in [4.69, 9.17) is 17.3 Å². The molecule has 4 N–H and O–H groups in total. The number of hydrogen-bond donors (Lipinski definition) is 3. The highest BCUT2D eigenvalue weighted by molar-refractivity contribution is 7.24. The van der Waals surface area contributed by atoms with E-state index >= 15 is 0 Å². The fraction of sp³-hybridized carbons (Fsp3) is 0.0690. The zero-order chi connectivity index (χ0) is 25.8. The number of thiophene rings is 1. The molecule has 182 valence electrons. The van der Waals surface area contributed by atoms with Gasteiger partial charge in [0.15, 0.2) is 0 Å². The number of aromatic nitrogens is 1. The van der Waals surface area contributed by atoms with Crippen molar-refractivity contribution in [1.82, 2.24) is 10.3 Å². The van der Waals surface area contributed by atoms with Crippen LogP contribution in [0, 0.1) is 11.3 Å². The molecule has 0 unspecified atom stereocenters. The van der Waals surface area contributed by atoms with Crippen LogP contribution in [-0.4, -0.2) is 17.4 Å². The minimum absolute atomic E-state index is 0.0716. The van der Waals surface area contributed by atoms with Gasteiger partial charge in [-0.3, -0.25) is 4.79 Å². The summed E-state index contributed by atoms with van der Waals surface area (Å²) in [5.74, 6) is -0.193. The van der Waals surface area contributed by atoms with Crippen molar-refractivity contribution in [2.45, 2.75) is 6.42 Å². The number of amides is 1. The van der Waals surface area contributed by atoms with E-state index in [0.717, 1.165) is 16.8 Å². The Morgan fingerprint density at radius 2 is 1.68 bits per heavy atom. The molecule has 2 aromatic heterocycles. The predicted octanol–water partition coefficient (Wildman–Crippen LogP) is 6.79. The molecule has 0 saturated carbocycles. The number of nitriles is 1. The molecular formula is C29H22ClN5OS. The smallest absolute Gasteiger partial charge is 0.256 e. The van der Waals surface area contributed by atoms with Crippen LogP contribution in [0.2, 0.25) is 5.02 Å². The van der Waals surface area contributed by atoms with Gasteiger partial charge in [-0.2, -0.15) is 5.26 Å². The van der Waals surface area contributed by atoms with Crippen LogP contribution in [0.15, 0.2) is 84.9 Å². The molecule has 5 rings (SSSR count). The summed E-state index contributed by atoms with van der Waals surface area (Å²) in [4.78, 5) is 18.1. The van der Waals surface area contributed by atoms with Crippen LogP contribution < -0.4 is 16.4 Å².